The number of aryl methyl sites for hydroxylation is 2. The van der Waals surface area contributed by atoms with Crippen molar-refractivity contribution in [3.63, 3.8) is 0 Å². The second-order valence-electron chi connectivity index (χ2n) is 2.21. The largest absolute Gasteiger partial charge is 0.293 e. The average Bonchev–Trinajstić information content (AvgIpc) is 1.98. The Kier molecular flexibility index (Phi) is 1.20. The first-order valence-corrected chi connectivity index (χ1v) is 2.82. The molecule has 1 aromatic rings. The Bertz CT molecular complexity index is 269. The summed E-state index contributed by atoms with van der Waals surface area (Å²) in [5, 5.41) is 0. The second-order valence-corrected chi connectivity index (χ2v) is 2.21. The fourth-order valence-electron chi connectivity index (χ4n) is 0.821. The third-order valence-electron chi connectivity index (χ3n) is 1.48. The van der Waals surface area contributed by atoms with Crippen molar-refractivity contribution in [2.45, 2.75) is 6.92 Å². The van der Waals surface area contributed by atoms with Crippen LogP contribution in [0.25, 0.3) is 0 Å². The van der Waals surface area contributed by atoms with Crippen molar-refractivity contribution in [3.05, 3.63) is 22.1 Å². The first-order chi connectivity index (χ1) is 4.13. The van der Waals surface area contributed by atoms with Gasteiger partial charge in [0.25, 0.3) is 5.56 Å². The molecule has 0 bridgehead atoms. The molecule has 0 atom stereocenters. The zero-order chi connectivity index (χ0) is 7.02. The highest BCUT2D eigenvalue weighted by molar-refractivity contribution is 5.01. The molecule has 3 nitrogen and oxygen atoms in total. The Balaban J connectivity index is 3.48. The van der Waals surface area contributed by atoms with E-state index in [-0.39, 0.29) is 5.56 Å². The quantitative estimate of drug-likeness (QED) is 0.482. The fraction of sp³-hybridized carbons (Fsp3) is 0.500. The van der Waals surface area contributed by atoms with Crippen LogP contribution in [0.5, 0.6) is 0 Å². The van der Waals surface area contributed by atoms with Gasteiger partial charge >= 0.3 is 0 Å². The van der Waals surface area contributed by atoms with Crippen LogP contribution in [0.4, 0.5) is 0 Å². The van der Waals surface area contributed by atoms with Gasteiger partial charge in [-0.1, -0.05) is 0 Å². The van der Waals surface area contributed by atoms with E-state index in [4.69, 9.17) is 0 Å². The van der Waals surface area contributed by atoms with Gasteiger partial charge in [0.2, 0.25) is 0 Å². The lowest BCUT2D eigenvalue weighted by Gasteiger charge is -1.94. The molecular formula is C6H10N2O. The van der Waals surface area contributed by atoms with Gasteiger partial charge in [0, 0.05) is 25.9 Å². The molecule has 0 radical (unpaired) electrons. The number of rotatable bonds is 0. The summed E-state index contributed by atoms with van der Waals surface area (Å²) in [4.78, 5) is 10.9. The summed E-state index contributed by atoms with van der Waals surface area (Å²) in [6.45, 7) is 1.81. The van der Waals surface area contributed by atoms with Crippen LogP contribution in [0.2, 0.25) is 0 Å². The van der Waals surface area contributed by atoms with E-state index >= 15 is 0 Å². The lowest BCUT2D eigenvalue weighted by molar-refractivity contribution is 0.579. The summed E-state index contributed by atoms with van der Waals surface area (Å²) in [6, 6.07) is 0. The van der Waals surface area contributed by atoms with Crippen LogP contribution < -0.4 is 5.56 Å². The smallest absolute Gasteiger partial charge is 0.269 e. The standard InChI is InChI=1S/C6H10N2O/c1-5-4-7(2)8(3)6(5)9/h4H,1-3H3. The van der Waals surface area contributed by atoms with Crippen molar-refractivity contribution in [1.29, 1.82) is 0 Å². The van der Waals surface area contributed by atoms with Gasteiger partial charge in [-0.25, -0.2) is 0 Å². The van der Waals surface area contributed by atoms with Gasteiger partial charge in [-0.15, -0.1) is 0 Å². The molecule has 0 spiro atoms. The molecule has 1 rings (SSSR count). The van der Waals surface area contributed by atoms with Crippen molar-refractivity contribution in [3.8, 4) is 0 Å². The summed E-state index contributed by atoms with van der Waals surface area (Å²) >= 11 is 0. The third kappa shape index (κ3) is 0.781. The fourth-order valence-corrected chi connectivity index (χ4v) is 0.821. The molecule has 0 N–H and O–H groups in total. The summed E-state index contributed by atoms with van der Waals surface area (Å²) in [6.07, 6.45) is 1.81. The lowest BCUT2D eigenvalue weighted by Crippen LogP contribution is -2.17. The van der Waals surface area contributed by atoms with Crippen molar-refractivity contribution in [2.75, 3.05) is 0 Å². The van der Waals surface area contributed by atoms with E-state index in [2.05, 4.69) is 0 Å². The summed E-state index contributed by atoms with van der Waals surface area (Å²) in [7, 11) is 3.59. The SMILES string of the molecule is Cc1cn(C)n(C)c1=O. The monoisotopic (exact) mass is 126 g/mol. The Hall–Kier alpha value is -0.990. The first-order valence-electron chi connectivity index (χ1n) is 2.82. The van der Waals surface area contributed by atoms with Crippen molar-refractivity contribution >= 4 is 0 Å². The predicted molar refractivity (Wildman–Crippen MR) is 35.4 cm³/mol. The van der Waals surface area contributed by atoms with Crippen LogP contribution in [-0.4, -0.2) is 9.36 Å². The number of hydrogen-bond donors (Lipinski definition) is 0. The van der Waals surface area contributed by atoms with E-state index in [9.17, 15) is 4.79 Å². The van der Waals surface area contributed by atoms with Gasteiger partial charge in [-0.3, -0.25) is 14.2 Å². The third-order valence-corrected chi connectivity index (χ3v) is 1.48. The molecule has 0 fully saturated rings. The first kappa shape index (κ1) is 6.13. The van der Waals surface area contributed by atoms with Crippen LogP contribution in [0.3, 0.4) is 0 Å². The van der Waals surface area contributed by atoms with Crippen molar-refractivity contribution in [2.24, 2.45) is 14.1 Å². The molecule has 0 aliphatic rings. The van der Waals surface area contributed by atoms with E-state index in [1.165, 1.54) is 0 Å². The van der Waals surface area contributed by atoms with Crippen LogP contribution >= 0.6 is 0 Å². The Labute approximate surface area is 53.5 Å². The highest BCUT2D eigenvalue weighted by Crippen LogP contribution is 1.85. The van der Waals surface area contributed by atoms with Gasteiger partial charge in [-0.2, -0.15) is 0 Å². The van der Waals surface area contributed by atoms with E-state index in [1.54, 1.807) is 16.4 Å². The average molecular weight is 126 g/mol. The lowest BCUT2D eigenvalue weighted by atomic mass is 10.4. The van der Waals surface area contributed by atoms with Gasteiger partial charge in [-0.05, 0) is 6.92 Å². The molecule has 1 heterocycles. The summed E-state index contributed by atoms with van der Waals surface area (Å²) < 4.78 is 3.33. The van der Waals surface area contributed by atoms with Crippen LogP contribution in [0.15, 0.2) is 11.0 Å². The van der Waals surface area contributed by atoms with E-state index in [1.807, 2.05) is 20.2 Å². The molecule has 0 saturated carbocycles. The minimum atomic E-state index is 0.0810. The molecule has 0 unspecified atom stereocenters. The molecule has 0 aliphatic heterocycles. The van der Waals surface area contributed by atoms with Gasteiger partial charge in [0.05, 0.1) is 0 Å². The molecule has 0 aromatic carbocycles. The van der Waals surface area contributed by atoms with E-state index in [0.717, 1.165) is 5.56 Å². The highest BCUT2D eigenvalue weighted by Gasteiger charge is 1.97. The van der Waals surface area contributed by atoms with Crippen molar-refractivity contribution < 1.29 is 0 Å². The topological polar surface area (TPSA) is 26.9 Å². The molecule has 9 heavy (non-hydrogen) atoms. The summed E-state index contributed by atoms with van der Waals surface area (Å²) in [5.74, 6) is 0. The number of nitrogens with zero attached hydrogens (tertiary/aromatic N) is 2. The predicted octanol–water partition coefficient (Wildman–Crippen LogP) is 0.0322. The minimum absolute atomic E-state index is 0.0810. The number of aromatic nitrogens is 2. The molecule has 0 saturated heterocycles. The van der Waals surface area contributed by atoms with Gasteiger partial charge in [0.1, 0.15) is 0 Å². The van der Waals surface area contributed by atoms with Crippen LogP contribution in [0, 0.1) is 6.92 Å². The zero-order valence-electron chi connectivity index (χ0n) is 5.88. The normalized spacial score (nSPS) is 10.1. The van der Waals surface area contributed by atoms with Gasteiger partial charge < -0.3 is 0 Å². The molecule has 1 aromatic heterocycles. The molecular weight excluding hydrogens is 116 g/mol. The zero-order valence-corrected chi connectivity index (χ0v) is 5.88. The number of hydrogen-bond acceptors (Lipinski definition) is 1. The Morgan fingerprint density at radius 2 is 2.00 bits per heavy atom. The maximum atomic E-state index is 10.9. The minimum Gasteiger partial charge on any atom is -0.293 e. The van der Waals surface area contributed by atoms with Crippen molar-refractivity contribution in [1.82, 2.24) is 9.36 Å². The molecule has 0 amide bonds. The summed E-state index contributed by atoms with van der Waals surface area (Å²) in [5.41, 5.74) is 0.873. The Morgan fingerprint density at radius 1 is 1.44 bits per heavy atom. The highest BCUT2D eigenvalue weighted by atomic mass is 16.1. The van der Waals surface area contributed by atoms with Crippen LogP contribution in [-0.2, 0) is 14.1 Å². The maximum absolute atomic E-state index is 10.9. The Morgan fingerprint density at radius 3 is 2.11 bits per heavy atom. The second kappa shape index (κ2) is 1.76. The van der Waals surface area contributed by atoms with E-state index in [0.29, 0.717) is 0 Å². The molecule has 3 heteroatoms. The maximum Gasteiger partial charge on any atom is 0.269 e. The molecule has 50 valence electrons. The molecule has 0 aliphatic carbocycles. The van der Waals surface area contributed by atoms with E-state index < -0.39 is 0 Å². The van der Waals surface area contributed by atoms with Gasteiger partial charge in [0.15, 0.2) is 0 Å². The van der Waals surface area contributed by atoms with Crippen LogP contribution in [0.1, 0.15) is 5.56 Å².